The number of anilines is 1. The normalized spacial score (nSPS) is 19.3. The molecule has 0 aliphatic carbocycles. The van der Waals surface area contributed by atoms with Crippen LogP contribution in [-0.2, 0) is 5.66 Å². The highest BCUT2D eigenvalue weighted by atomic mass is 16.5. The molecule has 4 nitrogen and oxygen atoms in total. The summed E-state index contributed by atoms with van der Waals surface area (Å²) in [6.45, 7) is 9.80. The van der Waals surface area contributed by atoms with Crippen molar-refractivity contribution in [1.82, 2.24) is 4.90 Å². The minimum Gasteiger partial charge on any atom is -0.494 e. The fourth-order valence-electron chi connectivity index (χ4n) is 3.43. The van der Waals surface area contributed by atoms with Crippen molar-refractivity contribution in [2.75, 3.05) is 18.5 Å². The van der Waals surface area contributed by atoms with Crippen molar-refractivity contribution < 1.29 is 9.53 Å². The maximum atomic E-state index is 13.0. The number of nitrogens with zero attached hydrogens (tertiary/aromatic N) is 1. The number of benzene rings is 2. The van der Waals surface area contributed by atoms with Crippen molar-refractivity contribution in [3.8, 4) is 5.75 Å². The summed E-state index contributed by atoms with van der Waals surface area (Å²) in [5.41, 5.74) is 2.05. The number of amides is 1. The molecule has 1 aliphatic heterocycles. The van der Waals surface area contributed by atoms with Gasteiger partial charge in [0.1, 0.15) is 11.4 Å². The van der Waals surface area contributed by atoms with E-state index in [2.05, 4.69) is 26.1 Å². The third kappa shape index (κ3) is 3.41. The predicted octanol–water partition coefficient (Wildman–Crippen LogP) is 4.87. The van der Waals surface area contributed by atoms with Crippen LogP contribution in [0.2, 0.25) is 0 Å². The first-order valence-electron chi connectivity index (χ1n) is 9.38. The van der Waals surface area contributed by atoms with E-state index in [0.29, 0.717) is 12.5 Å². The molecule has 1 unspecified atom stereocenters. The highest BCUT2D eigenvalue weighted by Crippen LogP contribution is 2.37. The second-order valence-electron chi connectivity index (χ2n) is 7.35. The van der Waals surface area contributed by atoms with Crippen molar-refractivity contribution in [3.05, 3.63) is 59.7 Å². The van der Waals surface area contributed by atoms with Crippen LogP contribution in [0, 0.1) is 5.92 Å². The molecular formula is C22H28N2O2. The van der Waals surface area contributed by atoms with Gasteiger partial charge in [-0.3, -0.25) is 4.79 Å². The predicted molar refractivity (Wildman–Crippen MR) is 106 cm³/mol. The third-order valence-electron chi connectivity index (χ3n) is 5.02. The Hall–Kier alpha value is -2.49. The molecule has 0 saturated carbocycles. The number of nitrogens with one attached hydrogen (secondary N) is 1. The van der Waals surface area contributed by atoms with Crippen LogP contribution in [0.4, 0.5) is 5.69 Å². The zero-order chi connectivity index (χ0) is 18.7. The van der Waals surface area contributed by atoms with Crippen molar-refractivity contribution >= 4 is 11.6 Å². The van der Waals surface area contributed by atoms with Crippen LogP contribution in [0.5, 0.6) is 5.75 Å². The molecule has 1 heterocycles. The van der Waals surface area contributed by atoms with Gasteiger partial charge in [-0.05, 0) is 56.0 Å². The molecule has 0 bridgehead atoms. The minimum atomic E-state index is -0.587. The Morgan fingerprint density at radius 1 is 1.12 bits per heavy atom. The number of hydrogen-bond donors (Lipinski definition) is 1. The van der Waals surface area contributed by atoms with Crippen molar-refractivity contribution in [2.24, 2.45) is 5.92 Å². The lowest BCUT2D eigenvalue weighted by Gasteiger charge is -2.46. The molecule has 138 valence electrons. The monoisotopic (exact) mass is 352 g/mol. The molecule has 1 N–H and O–H groups in total. The average molecular weight is 352 g/mol. The molecular weight excluding hydrogens is 324 g/mol. The first-order chi connectivity index (χ1) is 12.5. The number of hydrogen-bond acceptors (Lipinski definition) is 3. The van der Waals surface area contributed by atoms with E-state index in [1.165, 1.54) is 0 Å². The second-order valence-corrected chi connectivity index (χ2v) is 7.35. The Balaban J connectivity index is 1.86. The first kappa shape index (κ1) is 18.3. The van der Waals surface area contributed by atoms with Gasteiger partial charge in [-0.1, -0.05) is 38.1 Å². The van der Waals surface area contributed by atoms with Gasteiger partial charge in [0.15, 0.2) is 0 Å². The van der Waals surface area contributed by atoms with E-state index in [-0.39, 0.29) is 5.91 Å². The standard InChI is InChI=1S/C22H28N2O2/c1-5-24-21(25)19-8-6-7-9-20(19)23-22(24,4)17-10-12-18(13-11-17)26-15-14-16(2)3/h6-13,16,23H,5,14-15H2,1-4H3. The van der Waals surface area contributed by atoms with E-state index >= 15 is 0 Å². The van der Waals surface area contributed by atoms with E-state index in [0.717, 1.165) is 35.6 Å². The number of rotatable bonds is 6. The zero-order valence-electron chi connectivity index (χ0n) is 16.1. The Morgan fingerprint density at radius 2 is 1.81 bits per heavy atom. The Labute approximate surface area is 156 Å². The lowest BCUT2D eigenvalue weighted by atomic mass is 9.93. The van der Waals surface area contributed by atoms with Crippen LogP contribution in [0.1, 0.15) is 50.0 Å². The van der Waals surface area contributed by atoms with Gasteiger partial charge in [-0.25, -0.2) is 0 Å². The van der Waals surface area contributed by atoms with Gasteiger partial charge in [0, 0.05) is 12.2 Å². The smallest absolute Gasteiger partial charge is 0.258 e. The Bertz CT molecular complexity index is 770. The van der Waals surface area contributed by atoms with Gasteiger partial charge in [-0.2, -0.15) is 0 Å². The Kier molecular flexibility index (Phi) is 5.21. The van der Waals surface area contributed by atoms with E-state index in [1.807, 2.05) is 60.4 Å². The Morgan fingerprint density at radius 3 is 2.46 bits per heavy atom. The van der Waals surface area contributed by atoms with Crippen LogP contribution in [0.3, 0.4) is 0 Å². The van der Waals surface area contributed by atoms with Gasteiger partial charge in [0.2, 0.25) is 0 Å². The number of fused-ring (bicyclic) bond motifs is 1. The SMILES string of the molecule is CCN1C(=O)c2ccccc2NC1(C)c1ccc(OCCC(C)C)cc1. The van der Waals surface area contributed by atoms with Crippen LogP contribution in [0.15, 0.2) is 48.5 Å². The summed E-state index contributed by atoms with van der Waals surface area (Å²) in [6, 6.07) is 15.7. The van der Waals surface area contributed by atoms with E-state index in [1.54, 1.807) is 0 Å². The summed E-state index contributed by atoms with van der Waals surface area (Å²) in [6.07, 6.45) is 1.04. The topological polar surface area (TPSA) is 41.6 Å². The molecule has 0 fully saturated rings. The lowest BCUT2D eigenvalue weighted by Crippen LogP contribution is -2.55. The van der Waals surface area contributed by atoms with Crippen molar-refractivity contribution in [2.45, 2.75) is 39.8 Å². The molecule has 0 aromatic heterocycles. The van der Waals surface area contributed by atoms with Crippen molar-refractivity contribution in [1.29, 1.82) is 0 Å². The highest BCUT2D eigenvalue weighted by molar-refractivity contribution is 6.02. The maximum absolute atomic E-state index is 13.0. The number of para-hydroxylation sites is 1. The first-order valence-corrected chi connectivity index (χ1v) is 9.38. The molecule has 0 spiro atoms. The molecule has 26 heavy (non-hydrogen) atoms. The zero-order valence-corrected chi connectivity index (χ0v) is 16.1. The number of carbonyl (C=O) groups is 1. The summed E-state index contributed by atoms with van der Waals surface area (Å²) in [7, 11) is 0. The number of ether oxygens (including phenoxy) is 1. The number of carbonyl (C=O) groups excluding carboxylic acids is 1. The molecule has 1 aliphatic rings. The molecule has 1 amide bonds. The summed E-state index contributed by atoms with van der Waals surface area (Å²) < 4.78 is 5.82. The fourth-order valence-corrected chi connectivity index (χ4v) is 3.43. The summed E-state index contributed by atoms with van der Waals surface area (Å²) >= 11 is 0. The lowest BCUT2D eigenvalue weighted by molar-refractivity contribution is 0.0553. The van der Waals surface area contributed by atoms with Gasteiger partial charge in [0.25, 0.3) is 5.91 Å². The molecule has 2 aromatic rings. The quantitative estimate of drug-likeness (QED) is 0.806. The van der Waals surface area contributed by atoms with Gasteiger partial charge in [-0.15, -0.1) is 0 Å². The molecule has 1 atom stereocenters. The minimum absolute atomic E-state index is 0.0570. The van der Waals surface area contributed by atoms with Crippen LogP contribution < -0.4 is 10.1 Å². The fraction of sp³-hybridized carbons (Fsp3) is 0.409. The third-order valence-corrected chi connectivity index (χ3v) is 5.02. The summed E-state index contributed by atoms with van der Waals surface area (Å²) in [5, 5.41) is 3.56. The molecule has 0 radical (unpaired) electrons. The van der Waals surface area contributed by atoms with E-state index in [4.69, 9.17) is 4.74 Å². The molecule has 4 heteroatoms. The summed E-state index contributed by atoms with van der Waals surface area (Å²) in [5.74, 6) is 1.55. The molecule has 2 aromatic carbocycles. The summed E-state index contributed by atoms with van der Waals surface area (Å²) in [4.78, 5) is 14.8. The molecule has 0 saturated heterocycles. The van der Waals surface area contributed by atoms with E-state index in [9.17, 15) is 4.79 Å². The van der Waals surface area contributed by atoms with Gasteiger partial charge in [0.05, 0.1) is 12.2 Å². The van der Waals surface area contributed by atoms with Crippen LogP contribution in [0.25, 0.3) is 0 Å². The largest absolute Gasteiger partial charge is 0.494 e. The maximum Gasteiger partial charge on any atom is 0.258 e. The van der Waals surface area contributed by atoms with Crippen molar-refractivity contribution in [3.63, 3.8) is 0 Å². The van der Waals surface area contributed by atoms with Crippen LogP contribution >= 0.6 is 0 Å². The average Bonchev–Trinajstić information content (AvgIpc) is 2.62. The second kappa shape index (κ2) is 7.40. The van der Waals surface area contributed by atoms with Crippen LogP contribution in [-0.4, -0.2) is 24.0 Å². The van der Waals surface area contributed by atoms with Gasteiger partial charge >= 0.3 is 0 Å². The van der Waals surface area contributed by atoms with Gasteiger partial charge < -0.3 is 15.0 Å². The highest BCUT2D eigenvalue weighted by Gasteiger charge is 2.41. The molecule has 3 rings (SSSR count). The van der Waals surface area contributed by atoms with E-state index < -0.39 is 5.66 Å².